The fraction of sp³-hybridized carbons (Fsp3) is 0.0400. The van der Waals surface area contributed by atoms with Gasteiger partial charge in [-0.15, -0.1) is 10.2 Å². The van der Waals surface area contributed by atoms with Crippen molar-refractivity contribution in [2.75, 3.05) is 10.7 Å². The Bertz CT molecular complexity index is 1420. The minimum atomic E-state index is -0.0662. The molecule has 9 heteroatoms. The lowest BCUT2D eigenvalue weighted by Crippen LogP contribution is -2.30. The fourth-order valence-corrected chi connectivity index (χ4v) is 5.39. The molecule has 3 aromatic heterocycles. The van der Waals surface area contributed by atoms with Crippen molar-refractivity contribution < 1.29 is 13.6 Å². The van der Waals surface area contributed by atoms with Gasteiger partial charge in [-0.25, -0.2) is 4.98 Å². The van der Waals surface area contributed by atoms with Gasteiger partial charge in [0.25, 0.3) is 0 Å². The summed E-state index contributed by atoms with van der Waals surface area (Å²) in [5.41, 5.74) is 2.74. The van der Waals surface area contributed by atoms with E-state index in [-0.39, 0.29) is 11.7 Å². The zero-order valence-corrected chi connectivity index (χ0v) is 19.3. The monoisotopic (exact) mass is 484 g/mol. The first-order valence-electron chi connectivity index (χ1n) is 10.4. The molecule has 5 aromatic rings. The first-order chi connectivity index (χ1) is 16.8. The van der Waals surface area contributed by atoms with Gasteiger partial charge < -0.3 is 8.83 Å². The average Bonchev–Trinajstić information content (AvgIpc) is 3.60. The molecular formula is C25H16N4O3S2. The third kappa shape index (κ3) is 3.78. The number of amides is 1. The zero-order valence-electron chi connectivity index (χ0n) is 17.6. The molecule has 1 aliphatic rings. The van der Waals surface area contributed by atoms with Gasteiger partial charge in [0.1, 0.15) is 5.69 Å². The van der Waals surface area contributed by atoms with Gasteiger partial charge in [-0.1, -0.05) is 47.8 Å². The van der Waals surface area contributed by atoms with E-state index < -0.39 is 0 Å². The van der Waals surface area contributed by atoms with Crippen molar-refractivity contribution in [1.82, 2.24) is 15.2 Å². The van der Waals surface area contributed by atoms with Crippen molar-refractivity contribution in [3.8, 4) is 22.9 Å². The van der Waals surface area contributed by atoms with E-state index >= 15 is 0 Å². The lowest BCUT2D eigenvalue weighted by molar-refractivity contribution is -0.115. The molecule has 6 rings (SSSR count). The second-order valence-electron chi connectivity index (χ2n) is 7.30. The molecule has 4 heterocycles. The van der Waals surface area contributed by atoms with Crippen LogP contribution in [-0.4, -0.2) is 26.8 Å². The molecule has 34 heavy (non-hydrogen) atoms. The number of para-hydroxylation sites is 2. The molecule has 0 atom stereocenters. The summed E-state index contributed by atoms with van der Waals surface area (Å²) in [7, 11) is 0. The standard InChI is InChI=1S/C25H16N4O3S2/c30-22(29-16-7-1-3-11-20(16)34-21-12-4-2-8-17(21)29)15-33-25-26-23(18-9-5-13-31-18)24(27-28-25)19-10-6-14-32-19/h1-14H,15H2. The molecule has 166 valence electrons. The Balaban J connectivity index is 1.30. The summed E-state index contributed by atoms with van der Waals surface area (Å²) in [6.07, 6.45) is 3.14. The van der Waals surface area contributed by atoms with Crippen LogP contribution in [0.4, 0.5) is 11.4 Å². The second-order valence-corrected chi connectivity index (χ2v) is 9.33. The topological polar surface area (TPSA) is 85.3 Å². The number of aromatic nitrogens is 3. The summed E-state index contributed by atoms with van der Waals surface area (Å²) in [6.45, 7) is 0. The van der Waals surface area contributed by atoms with Crippen LogP contribution >= 0.6 is 23.5 Å². The van der Waals surface area contributed by atoms with Gasteiger partial charge in [-0.2, -0.15) is 0 Å². The van der Waals surface area contributed by atoms with E-state index in [9.17, 15) is 4.79 Å². The third-order valence-electron chi connectivity index (χ3n) is 5.18. The van der Waals surface area contributed by atoms with E-state index in [2.05, 4.69) is 15.2 Å². The molecule has 0 fully saturated rings. The van der Waals surface area contributed by atoms with Crippen molar-refractivity contribution in [2.24, 2.45) is 0 Å². The van der Waals surface area contributed by atoms with Gasteiger partial charge in [0.15, 0.2) is 17.2 Å². The SMILES string of the molecule is O=C(CSc1nnc(-c2ccco2)c(-c2ccco2)n1)N1c2ccccc2Sc2ccccc21. The number of carbonyl (C=O) groups is 1. The number of hydrogen-bond acceptors (Lipinski definition) is 8. The number of fused-ring (bicyclic) bond motifs is 2. The van der Waals surface area contributed by atoms with Crippen LogP contribution in [0.25, 0.3) is 22.9 Å². The predicted molar refractivity (Wildman–Crippen MR) is 130 cm³/mol. The molecule has 0 aliphatic carbocycles. The Hall–Kier alpha value is -3.82. The first kappa shape index (κ1) is 20.8. The molecule has 0 N–H and O–H groups in total. The molecule has 1 aliphatic heterocycles. The molecule has 1 amide bonds. The zero-order chi connectivity index (χ0) is 22.9. The van der Waals surface area contributed by atoms with Crippen molar-refractivity contribution in [3.63, 3.8) is 0 Å². The minimum absolute atomic E-state index is 0.0662. The Morgan fingerprint density at radius 3 is 2.03 bits per heavy atom. The molecule has 0 saturated carbocycles. The maximum absolute atomic E-state index is 13.5. The van der Waals surface area contributed by atoms with Gasteiger partial charge >= 0.3 is 0 Å². The highest BCUT2D eigenvalue weighted by Gasteiger charge is 2.28. The fourth-order valence-electron chi connectivity index (χ4n) is 3.70. The van der Waals surface area contributed by atoms with E-state index in [4.69, 9.17) is 8.83 Å². The van der Waals surface area contributed by atoms with Gasteiger partial charge in [0.2, 0.25) is 11.1 Å². The van der Waals surface area contributed by atoms with Crippen LogP contribution in [0.2, 0.25) is 0 Å². The average molecular weight is 485 g/mol. The Morgan fingerprint density at radius 1 is 0.794 bits per heavy atom. The van der Waals surface area contributed by atoms with Gasteiger partial charge in [-0.3, -0.25) is 9.69 Å². The molecule has 0 unspecified atom stereocenters. The summed E-state index contributed by atoms with van der Waals surface area (Å²) in [6, 6.07) is 23.0. The van der Waals surface area contributed by atoms with E-state index in [0.29, 0.717) is 28.1 Å². The minimum Gasteiger partial charge on any atom is -0.463 e. The van der Waals surface area contributed by atoms with E-state index in [1.54, 1.807) is 53.5 Å². The summed E-state index contributed by atoms with van der Waals surface area (Å²) < 4.78 is 11.0. The van der Waals surface area contributed by atoms with Crippen LogP contribution in [0.1, 0.15) is 0 Å². The number of nitrogens with zero attached hydrogens (tertiary/aromatic N) is 4. The molecule has 7 nitrogen and oxygen atoms in total. The number of hydrogen-bond donors (Lipinski definition) is 0. The number of benzene rings is 2. The Kier molecular flexibility index (Phi) is 5.40. The molecular weight excluding hydrogens is 468 g/mol. The van der Waals surface area contributed by atoms with Gasteiger partial charge in [-0.05, 0) is 48.5 Å². The molecule has 0 spiro atoms. The highest BCUT2D eigenvalue weighted by Crippen LogP contribution is 2.48. The van der Waals surface area contributed by atoms with Gasteiger partial charge in [0, 0.05) is 9.79 Å². The Labute approximate surface area is 203 Å². The molecule has 0 radical (unpaired) electrons. The van der Waals surface area contributed by atoms with E-state index in [0.717, 1.165) is 21.2 Å². The number of thioether (sulfide) groups is 1. The van der Waals surface area contributed by atoms with Crippen molar-refractivity contribution in [3.05, 3.63) is 85.3 Å². The predicted octanol–water partition coefficient (Wildman–Crippen LogP) is 6.31. The van der Waals surface area contributed by atoms with E-state index in [1.807, 2.05) is 48.5 Å². The molecule has 2 aromatic carbocycles. The second kappa shape index (κ2) is 8.85. The van der Waals surface area contributed by atoms with Crippen molar-refractivity contribution >= 4 is 40.8 Å². The van der Waals surface area contributed by atoms with Crippen LogP contribution in [0.3, 0.4) is 0 Å². The molecule has 0 bridgehead atoms. The largest absolute Gasteiger partial charge is 0.463 e. The van der Waals surface area contributed by atoms with Crippen LogP contribution in [-0.2, 0) is 4.79 Å². The van der Waals surface area contributed by atoms with Crippen LogP contribution in [0.15, 0.2) is 109 Å². The third-order valence-corrected chi connectivity index (χ3v) is 7.14. The van der Waals surface area contributed by atoms with Crippen LogP contribution in [0, 0.1) is 0 Å². The van der Waals surface area contributed by atoms with Crippen LogP contribution in [0.5, 0.6) is 0 Å². The highest BCUT2D eigenvalue weighted by atomic mass is 32.2. The maximum Gasteiger partial charge on any atom is 0.242 e. The first-order valence-corrected chi connectivity index (χ1v) is 12.2. The number of rotatable bonds is 5. The summed E-state index contributed by atoms with van der Waals surface area (Å²) in [5.74, 6) is 1.17. The van der Waals surface area contributed by atoms with E-state index in [1.165, 1.54) is 11.8 Å². The quantitative estimate of drug-likeness (QED) is 0.268. The lowest BCUT2D eigenvalue weighted by Gasteiger charge is -2.30. The molecule has 0 saturated heterocycles. The van der Waals surface area contributed by atoms with Crippen molar-refractivity contribution in [1.29, 1.82) is 0 Å². The summed E-state index contributed by atoms with van der Waals surface area (Å²) >= 11 is 2.90. The lowest BCUT2D eigenvalue weighted by atomic mass is 10.2. The number of anilines is 2. The Morgan fingerprint density at radius 2 is 1.41 bits per heavy atom. The normalized spacial score (nSPS) is 12.3. The summed E-state index contributed by atoms with van der Waals surface area (Å²) in [5, 5.41) is 8.94. The summed E-state index contributed by atoms with van der Waals surface area (Å²) in [4.78, 5) is 21.9. The highest BCUT2D eigenvalue weighted by molar-refractivity contribution is 8.00. The number of furan rings is 2. The van der Waals surface area contributed by atoms with Gasteiger partial charge in [0.05, 0.1) is 29.7 Å². The number of carbonyl (C=O) groups excluding carboxylic acids is 1. The van der Waals surface area contributed by atoms with Crippen molar-refractivity contribution in [2.45, 2.75) is 14.9 Å². The van der Waals surface area contributed by atoms with Crippen LogP contribution < -0.4 is 4.90 Å². The smallest absolute Gasteiger partial charge is 0.242 e. The maximum atomic E-state index is 13.5.